The lowest BCUT2D eigenvalue weighted by Crippen LogP contribution is -2.40. The number of H-pyrrole nitrogens is 1. The average Bonchev–Trinajstić information content (AvgIpc) is 2.85. The van der Waals surface area contributed by atoms with Crippen LogP contribution in [0.5, 0.6) is 0 Å². The molecule has 0 bridgehead atoms. The molecule has 12 heteroatoms. The van der Waals surface area contributed by atoms with E-state index in [1.54, 1.807) is 6.92 Å². The zero-order chi connectivity index (χ0) is 22.4. The predicted molar refractivity (Wildman–Crippen MR) is 103 cm³/mol. The maximum atomic E-state index is 12.4. The maximum absolute atomic E-state index is 12.4. The second-order valence-electron chi connectivity index (χ2n) is 8.14. The number of aromatic amines is 1. The van der Waals surface area contributed by atoms with Gasteiger partial charge in [0.2, 0.25) is 0 Å². The van der Waals surface area contributed by atoms with Gasteiger partial charge in [-0.3, -0.25) is 18.9 Å². The number of rotatable bonds is 7. The van der Waals surface area contributed by atoms with Crippen LogP contribution in [0.25, 0.3) is 0 Å². The lowest BCUT2D eigenvalue weighted by atomic mass is 9.93. The predicted octanol–water partition coefficient (Wildman–Crippen LogP) is -0.0466. The minimum absolute atomic E-state index is 0.101. The number of hydrogen-bond donors (Lipinski definition) is 5. The number of hydrogen-bond acceptors (Lipinski definition) is 8. The largest absolute Gasteiger partial charge is 0.388 e. The molecule has 29 heavy (non-hydrogen) atoms. The second-order valence-corrected chi connectivity index (χ2v) is 10.5. The van der Waals surface area contributed by atoms with Gasteiger partial charge < -0.3 is 29.5 Å². The van der Waals surface area contributed by atoms with Gasteiger partial charge in [0.25, 0.3) is 5.56 Å². The fourth-order valence-electron chi connectivity index (χ4n) is 2.98. The normalized spacial score (nSPS) is 29.4. The molecule has 0 aromatic carbocycles. The van der Waals surface area contributed by atoms with Crippen molar-refractivity contribution in [2.75, 3.05) is 0 Å². The highest BCUT2D eigenvalue weighted by atomic mass is 31.2. The van der Waals surface area contributed by atoms with Gasteiger partial charge in [-0.05, 0) is 34.1 Å². The summed E-state index contributed by atoms with van der Waals surface area (Å²) in [5.74, 6) is 0. The molecule has 6 atom stereocenters. The lowest BCUT2D eigenvalue weighted by Gasteiger charge is -2.36. The standard InChI is InChI=1S/C17H29N2O9P/c1-6-17(5,28-29(25,26)16(3,4)24)7-10-11(20)12(21)14(27-10)19-8-9(2)13(22)18-15(19)23/h8,10-12,14,20-21,24H,6-7H2,1-5H3,(H,25,26)(H,18,22,23). The van der Waals surface area contributed by atoms with E-state index in [1.807, 2.05) is 0 Å². The first kappa shape index (κ1) is 23.9. The number of aliphatic hydroxyl groups is 3. The van der Waals surface area contributed by atoms with Crippen LogP contribution in [0.15, 0.2) is 15.8 Å². The van der Waals surface area contributed by atoms with Crippen molar-refractivity contribution in [2.24, 2.45) is 0 Å². The van der Waals surface area contributed by atoms with Crippen LogP contribution in [0.1, 0.15) is 52.3 Å². The number of nitrogens with one attached hydrogen (secondary N) is 1. The van der Waals surface area contributed by atoms with Gasteiger partial charge in [-0.2, -0.15) is 0 Å². The number of ether oxygens (including phenoxy) is 1. The quantitative estimate of drug-likeness (QED) is 0.368. The topological polar surface area (TPSA) is 171 Å². The van der Waals surface area contributed by atoms with E-state index in [2.05, 4.69) is 4.98 Å². The van der Waals surface area contributed by atoms with Crippen molar-refractivity contribution in [3.63, 3.8) is 0 Å². The first-order chi connectivity index (χ1) is 13.1. The van der Waals surface area contributed by atoms with E-state index in [4.69, 9.17) is 9.26 Å². The van der Waals surface area contributed by atoms with Crippen LogP contribution in [0.4, 0.5) is 0 Å². The molecule has 1 fully saturated rings. The van der Waals surface area contributed by atoms with E-state index in [0.717, 1.165) is 18.4 Å². The number of aromatic nitrogens is 2. The fraction of sp³-hybridized carbons (Fsp3) is 0.765. The van der Waals surface area contributed by atoms with Gasteiger partial charge >= 0.3 is 13.3 Å². The molecule has 0 aliphatic carbocycles. The van der Waals surface area contributed by atoms with Crippen LogP contribution in [0, 0.1) is 6.92 Å². The molecule has 2 heterocycles. The first-order valence-electron chi connectivity index (χ1n) is 9.21. The highest BCUT2D eigenvalue weighted by molar-refractivity contribution is 7.54. The van der Waals surface area contributed by atoms with E-state index in [-0.39, 0.29) is 18.4 Å². The molecular formula is C17H29N2O9P. The number of aryl methyl sites for hydroxylation is 1. The Morgan fingerprint density at radius 3 is 2.38 bits per heavy atom. The second kappa shape index (κ2) is 8.07. The highest BCUT2D eigenvalue weighted by Crippen LogP contribution is 2.57. The maximum Gasteiger partial charge on any atom is 0.359 e. The molecule has 1 aromatic rings. The Labute approximate surface area is 167 Å². The summed E-state index contributed by atoms with van der Waals surface area (Å²) in [6, 6.07) is 0. The van der Waals surface area contributed by atoms with Gasteiger partial charge in [0.1, 0.15) is 12.2 Å². The monoisotopic (exact) mass is 436 g/mol. The third kappa shape index (κ3) is 4.88. The minimum Gasteiger partial charge on any atom is -0.388 e. The molecule has 1 aliphatic heterocycles. The Morgan fingerprint density at radius 1 is 1.28 bits per heavy atom. The molecule has 1 aliphatic rings. The summed E-state index contributed by atoms with van der Waals surface area (Å²) in [5, 5.41) is 28.7. The van der Waals surface area contributed by atoms with Crippen LogP contribution in [-0.2, 0) is 13.8 Å². The van der Waals surface area contributed by atoms with Crippen LogP contribution < -0.4 is 11.2 Å². The van der Waals surface area contributed by atoms with Gasteiger partial charge in [-0.25, -0.2) is 4.79 Å². The smallest absolute Gasteiger partial charge is 0.359 e. The molecule has 1 saturated heterocycles. The molecule has 2 rings (SSSR count). The van der Waals surface area contributed by atoms with Crippen molar-refractivity contribution in [3.05, 3.63) is 32.6 Å². The SMILES string of the molecule is CCC(C)(CC1OC(n2cc(C)c(=O)[nH]c2=O)C(O)C1O)OP(=O)(O)C(C)(C)O. The van der Waals surface area contributed by atoms with Crippen molar-refractivity contribution < 1.29 is 34.0 Å². The number of nitrogens with zero attached hydrogens (tertiary/aromatic N) is 1. The highest BCUT2D eigenvalue weighted by Gasteiger charge is 2.50. The Kier molecular flexibility index (Phi) is 6.66. The third-order valence-electron chi connectivity index (χ3n) is 5.17. The van der Waals surface area contributed by atoms with Crippen molar-refractivity contribution in [1.29, 1.82) is 0 Å². The Morgan fingerprint density at radius 2 is 1.86 bits per heavy atom. The lowest BCUT2D eigenvalue weighted by molar-refractivity contribution is -0.0710. The Balaban J connectivity index is 2.28. The van der Waals surface area contributed by atoms with Crippen LogP contribution >= 0.6 is 7.60 Å². The summed E-state index contributed by atoms with van der Waals surface area (Å²) in [7, 11) is -4.44. The van der Waals surface area contributed by atoms with Gasteiger partial charge in [0.15, 0.2) is 11.6 Å². The Bertz CT molecular complexity index is 905. The molecule has 11 nitrogen and oxygen atoms in total. The third-order valence-corrected chi connectivity index (χ3v) is 7.25. The van der Waals surface area contributed by atoms with Crippen molar-refractivity contribution in [3.8, 4) is 0 Å². The van der Waals surface area contributed by atoms with E-state index in [0.29, 0.717) is 0 Å². The van der Waals surface area contributed by atoms with E-state index in [1.165, 1.54) is 20.0 Å². The summed E-state index contributed by atoms with van der Waals surface area (Å²) < 4.78 is 24.4. The van der Waals surface area contributed by atoms with Gasteiger partial charge in [0, 0.05) is 18.2 Å². The molecule has 5 N–H and O–H groups in total. The summed E-state index contributed by atoms with van der Waals surface area (Å²) in [6.45, 7) is 6.98. The van der Waals surface area contributed by atoms with Crippen molar-refractivity contribution in [1.82, 2.24) is 9.55 Å². The van der Waals surface area contributed by atoms with Gasteiger partial charge in [0.05, 0.1) is 11.7 Å². The van der Waals surface area contributed by atoms with Crippen LogP contribution in [0.3, 0.4) is 0 Å². The first-order valence-corrected chi connectivity index (χ1v) is 10.8. The summed E-state index contributed by atoms with van der Waals surface area (Å²) in [5.41, 5.74) is -2.45. The fourth-order valence-corrected chi connectivity index (χ4v) is 4.01. The zero-order valence-electron chi connectivity index (χ0n) is 17.0. The zero-order valence-corrected chi connectivity index (χ0v) is 17.9. The Hall–Kier alpha value is -1.33. The molecule has 0 spiro atoms. The molecular weight excluding hydrogens is 407 g/mol. The van der Waals surface area contributed by atoms with E-state index in [9.17, 15) is 34.4 Å². The van der Waals surface area contributed by atoms with E-state index < -0.39 is 54.3 Å². The van der Waals surface area contributed by atoms with Crippen molar-refractivity contribution in [2.45, 2.75) is 82.9 Å². The summed E-state index contributed by atoms with van der Waals surface area (Å²) in [6.07, 6.45) is -3.87. The number of aliphatic hydroxyl groups excluding tert-OH is 2. The molecule has 0 radical (unpaired) electrons. The van der Waals surface area contributed by atoms with E-state index >= 15 is 0 Å². The summed E-state index contributed by atoms with van der Waals surface area (Å²) in [4.78, 5) is 35.8. The molecule has 0 amide bonds. The molecule has 1 aromatic heterocycles. The minimum atomic E-state index is -4.44. The molecule has 6 unspecified atom stereocenters. The van der Waals surface area contributed by atoms with Gasteiger partial charge in [-0.15, -0.1) is 0 Å². The van der Waals surface area contributed by atoms with Crippen molar-refractivity contribution >= 4 is 7.60 Å². The van der Waals surface area contributed by atoms with Gasteiger partial charge in [-0.1, -0.05) is 6.92 Å². The molecule has 0 saturated carbocycles. The van der Waals surface area contributed by atoms with Crippen LogP contribution in [-0.4, -0.2) is 59.0 Å². The summed E-state index contributed by atoms with van der Waals surface area (Å²) >= 11 is 0. The van der Waals surface area contributed by atoms with Crippen LogP contribution in [0.2, 0.25) is 0 Å². The average molecular weight is 436 g/mol. The molecule has 166 valence electrons.